The van der Waals surface area contributed by atoms with Crippen molar-refractivity contribution < 1.29 is 4.79 Å². The Morgan fingerprint density at radius 3 is 2.89 bits per heavy atom. The van der Waals surface area contributed by atoms with Crippen molar-refractivity contribution in [1.29, 1.82) is 0 Å². The molecule has 1 saturated heterocycles. The molecule has 3 nitrogen and oxygen atoms in total. The van der Waals surface area contributed by atoms with E-state index in [9.17, 15) is 4.79 Å². The van der Waals surface area contributed by atoms with E-state index in [2.05, 4.69) is 5.32 Å². The Bertz CT molecular complexity index is 105. The van der Waals surface area contributed by atoms with Gasteiger partial charge in [0.2, 0.25) is 0 Å². The van der Waals surface area contributed by atoms with E-state index in [0.717, 1.165) is 25.7 Å². The number of nitrogens with two attached hydrogens (primary N) is 1. The van der Waals surface area contributed by atoms with Crippen LogP contribution in [0.15, 0.2) is 0 Å². The second-order valence-electron chi connectivity index (χ2n) is 2.42. The quantitative estimate of drug-likeness (QED) is 0.457. The summed E-state index contributed by atoms with van der Waals surface area (Å²) in [5.74, 6) is 0. The maximum atomic E-state index is 10.2. The molecule has 1 heterocycles. The lowest BCUT2D eigenvalue weighted by atomic mass is 10.0. The molecule has 1 fully saturated rings. The average molecular weight is 128 g/mol. The maximum absolute atomic E-state index is 10.2. The van der Waals surface area contributed by atoms with Gasteiger partial charge in [-0.1, -0.05) is 0 Å². The fraction of sp³-hybridized carbons (Fsp3) is 0.833. The van der Waals surface area contributed by atoms with Gasteiger partial charge < -0.3 is 15.8 Å². The predicted octanol–water partition coefficient (Wildman–Crippen LogP) is -0.735. The monoisotopic (exact) mass is 128 g/mol. The first-order valence-electron chi connectivity index (χ1n) is 3.29. The first kappa shape index (κ1) is 6.71. The SMILES string of the molecule is NC1CCCNC1C=O. The summed E-state index contributed by atoms with van der Waals surface area (Å²) in [4.78, 5) is 10.2. The van der Waals surface area contributed by atoms with E-state index in [-0.39, 0.29) is 12.1 Å². The highest BCUT2D eigenvalue weighted by Gasteiger charge is 2.19. The van der Waals surface area contributed by atoms with Crippen LogP contribution in [0, 0.1) is 0 Å². The zero-order chi connectivity index (χ0) is 6.69. The van der Waals surface area contributed by atoms with Gasteiger partial charge in [0.15, 0.2) is 0 Å². The summed E-state index contributed by atoms with van der Waals surface area (Å²) in [5.41, 5.74) is 5.60. The van der Waals surface area contributed by atoms with Crippen molar-refractivity contribution in [3.05, 3.63) is 0 Å². The van der Waals surface area contributed by atoms with Crippen LogP contribution in [-0.2, 0) is 4.79 Å². The summed E-state index contributed by atoms with van der Waals surface area (Å²) < 4.78 is 0. The topological polar surface area (TPSA) is 55.1 Å². The molecular weight excluding hydrogens is 116 g/mol. The van der Waals surface area contributed by atoms with Crippen LogP contribution in [-0.4, -0.2) is 24.9 Å². The first-order chi connectivity index (χ1) is 4.34. The fourth-order valence-electron chi connectivity index (χ4n) is 1.09. The summed E-state index contributed by atoms with van der Waals surface area (Å²) in [6.07, 6.45) is 2.95. The van der Waals surface area contributed by atoms with Crippen LogP contribution >= 0.6 is 0 Å². The number of carbonyl (C=O) groups excluding carboxylic acids is 1. The predicted molar refractivity (Wildman–Crippen MR) is 35.1 cm³/mol. The van der Waals surface area contributed by atoms with Gasteiger partial charge in [0, 0.05) is 6.04 Å². The lowest BCUT2D eigenvalue weighted by molar-refractivity contribution is -0.110. The van der Waals surface area contributed by atoms with E-state index in [1.807, 2.05) is 0 Å². The lowest BCUT2D eigenvalue weighted by Gasteiger charge is -2.24. The number of hydrogen-bond acceptors (Lipinski definition) is 3. The summed E-state index contributed by atoms with van der Waals surface area (Å²) in [6.45, 7) is 0.928. The van der Waals surface area contributed by atoms with Crippen LogP contribution in [0.25, 0.3) is 0 Å². The van der Waals surface area contributed by atoms with Crippen LogP contribution in [0.5, 0.6) is 0 Å². The number of hydrogen-bond donors (Lipinski definition) is 2. The molecule has 1 aliphatic heterocycles. The van der Waals surface area contributed by atoms with Crippen LogP contribution in [0.4, 0.5) is 0 Å². The van der Waals surface area contributed by atoms with Gasteiger partial charge in [0.05, 0.1) is 6.04 Å². The van der Waals surface area contributed by atoms with Crippen molar-refractivity contribution in [2.45, 2.75) is 24.9 Å². The highest BCUT2D eigenvalue weighted by Crippen LogP contribution is 2.03. The fourth-order valence-corrected chi connectivity index (χ4v) is 1.09. The van der Waals surface area contributed by atoms with E-state index in [1.54, 1.807) is 0 Å². The molecule has 1 rings (SSSR count). The van der Waals surface area contributed by atoms with Gasteiger partial charge in [-0.3, -0.25) is 0 Å². The van der Waals surface area contributed by atoms with Gasteiger partial charge in [-0.2, -0.15) is 0 Å². The normalized spacial score (nSPS) is 36.1. The van der Waals surface area contributed by atoms with Crippen molar-refractivity contribution in [1.82, 2.24) is 5.32 Å². The second kappa shape index (κ2) is 2.94. The largest absolute Gasteiger partial charge is 0.326 e. The zero-order valence-electron chi connectivity index (χ0n) is 5.34. The molecule has 0 aromatic rings. The molecule has 2 unspecified atom stereocenters. The van der Waals surface area contributed by atoms with Gasteiger partial charge in [0.1, 0.15) is 6.29 Å². The average Bonchev–Trinajstić information content (AvgIpc) is 1.89. The summed E-state index contributed by atoms with van der Waals surface area (Å²) >= 11 is 0. The molecule has 0 aromatic carbocycles. The summed E-state index contributed by atoms with van der Waals surface area (Å²) in [7, 11) is 0. The number of piperidine rings is 1. The van der Waals surface area contributed by atoms with Crippen LogP contribution in [0.1, 0.15) is 12.8 Å². The molecule has 0 spiro atoms. The van der Waals surface area contributed by atoms with Crippen LogP contribution in [0.2, 0.25) is 0 Å². The Hall–Kier alpha value is -0.410. The Labute approximate surface area is 54.6 Å². The Kier molecular flexibility index (Phi) is 2.19. The van der Waals surface area contributed by atoms with Gasteiger partial charge >= 0.3 is 0 Å². The number of aldehydes is 1. The van der Waals surface area contributed by atoms with Crippen molar-refractivity contribution in [3.63, 3.8) is 0 Å². The molecular formula is C6H12N2O. The standard InChI is InChI=1S/C6H12N2O/c7-5-2-1-3-8-6(5)4-9/h4-6,8H,1-3,7H2. The summed E-state index contributed by atoms with van der Waals surface area (Å²) in [6, 6.07) is -0.0602. The molecule has 3 heteroatoms. The smallest absolute Gasteiger partial charge is 0.138 e. The molecule has 0 aromatic heterocycles. The summed E-state index contributed by atoms with van der Waals surface area (Å²) in [5, 5.41) is 3.03. The highest BCUT2D eigenvalue weighted by atomic mass is 16.1. The molecule has 0 saturated carbocycles. The molecule has 0 aliphatic carbocycles. The van der Waals surface area contributed by atoms with E-state index in [4.69, 9.17) is 5.73 Å². The molecule has 3 N–H and O–H groups in total. The first-order valence-corrected chi connectivity index (χ1v) is 3.29. The zero-order valence-corrected chi connectivity index (χ0v) is 5.34. The van der Waals surface area contributed by atoms with E-state index >= 15 is 0 Å². The van der Waals surface area contributed by atoms with Crippen molar-refractivity contribution in [3.8, 4) is 0 Å². The van der Waals surface area contributed by atoms with Gasteiger partial charge in [-0.05, 0) is 19.4 Å². The molecule has 0 amide bonds. The highest BCUT2D eigenvalue weighted by molar-refractivity contribution is 5.59. The minimum Gasteiger partial charge on any atom is -0.326 e. The molecule has 52 valence electrons. The van der Waals surface area contributed by atoms with Crippen molar-refractivity contribution in [2.24, 2.45) is 5.73 Å². The van der Waals surface area contributed by atoms with Gasteiger partial charge in [0.25, 0.3) is 0 Å². The van der Waals surface area contributed by atoms with Crippen LogP contribution in [0.3, 0.4) is 0 Å². The Morgan fingerprint density at radius 2 is 2.44 bits per heavy atom. The minimum atomic E-state index is -0.0984. The van der Waals surface area contributed by atoms with E-state index in [0.29, 0.717) is 0 Å². The third-order valence-electron chi connectivity index (χ3n) is 1.70. The number of rotatable bonds is 1. The third kappa shape index (κ3) is 1.50. The maximum Gasteiger partial charge on any atom is 0.138 e. The van der Waals surface area contributed by atoms with E-state index < -0.39 is 0 Å². The molecule has 1 aliphatic rings. The van der Waals surface area contributed by atoms with Crippen LogP contribution < -0.4 is 11.1 Å². The third-order valence-corrected chi connectivity index (χ3v) is 1.70. The molecule has 0 radical (unpaired) electrons. The van der Waals surface area contributed by atoms with Gasteiger partial charge in [-0.25, -0.2) is 0 Å². The molecule has 0 bridgehead atoms. The Morgan fingerprint density at radius 1 is 1.67 bits per heavy atom. The molecule has 9 heavy (non-hydrogen) atoms. The van der Waals surface area contributed by atoms with Crippen molar-refractivity contribution in [2.75, 3.05) is 6.54 Å². The van der Waals surface area contributed by atoms with E-state index in [1.165, 1.54) is 0 Å². The molecule has 2 atom stereocenters. The second-order valence-corrected chi connectivity index (χ2v) is 2.42. The minimum absolute atomic E-state index is 0.0382. The number of nitrogens with one attached hydrogen (secondary N) is 1. The van der Waals surface area contributed by atoms with Gasteiger partial charge in [-0.15, -0.1) is 0 Å². The Balaban J connectivity index is 2.38. The number of carbonyl (C=O) groups is 1. The lowest BCUT2D eigenvalue weighted by Crippen LogP contribution is -2.50. The van der Waals surface area contributed by atoms with Crippen molar-refractivity contribution >= 4 is 6.29 Å².